The summed E-state index contributed by atoms with van der Waals surface area (Å²) in [6, 6.07) is 1.45. The molecule has 1 heterocycles. The molecule has 3 nitrogen and oxygen atoms in total. The molecule has 4 heteroatoms. The Balaban J connectivity index is 2.78. The molecule has 1 aromatic rings. The molecule has 0 aromatic carbocycles. The van der Waals surface area contributed by atoms with Crippen LogP contribution in [0.1, 0.15) is 25.5 Å². The molecule has 1 rings (SSSR count). The second kappa shape index (κ2) is 5.02. The molecule has 0 saturated carbocycles. The Morgan fingerprint density at radius 2 is 2.36 bits per heavy atom. The van der Waals surface area contributed by atoms with Crippen LogP contribution in [-0.2, 0) is 4.74 Å². The molecule has 0 aliphatic carbocycles. The minimum atomic E-state index is -0.946. The van der Waals surface area contributed by atoms with Crippen LogP contribution >= 0.6 is 0 Å². The van der Waals surface area contributed by atoms with E-state index >= 15 is 0 Å². The molecular formula is C10H14FNO2. The molecule has 0 aliphatic heterocycles. The minimum absolute atomic E-state index is 0.223. The Bertz CT molecular complexity index is 293. The highest BCUT2D eigenvalue weighted by Crippen LogP contribution is 2.20. The summed E-state index contributed by atoms with van der Waals surface area (Å²) in [5, 5.41) is 9.71. The van der Waals surface area contributed by atoms with Crippen LogP contribution < -0.4 is 0 Å². The lowest BCUT2D eigenvalue weighted by atomic mass is 10.1. The maximum atomic E-state index is 13.2. The number of pyridine rings is 1. The highest BCUT2D eigenvalue weighted by Gasteiger charge is 2.19. The zero-order valence-corrected chi connectivity index (χ0v) is 8.27. The predicted octanol–water partition coefficient (Wildman–Crippen LogP) is 1.68. The lowest BCUT2D eigenvalue weighted by molar-refractivity contribution is -0.0242. The number of hydrogen-bond donors (Lipinski definition) is 1. The summed E-state index contributed by atoms with van der Waals surface area (Å²) in [4.78, 5) is 3.61. The van der Waals surface area contributed by atoms with E-state index in [1.54, 1.807) is 6.92 Å². The zero-order chi connectivity index (χ0) is 10.6. The molecule has 14 heavy (non-hydrogen) atoms. The van der Waals surface area contributed by atoms with E-state index in [9.17, 15) is 9.50 Å². The van der Waals surface area contributed by atoms with E-state index in [1.165, 1.54) is 12.3 Å². The summed E-state index contributed by atoms with van der Waals surface area (Å²) >= 11 is 0. The molecule has 0 fully saturated rings. The van der Waals surface area contributed by atoms with Crippen LogP contribution in [0.3, 0.4) is 0 Å². The summed E-state index contributed by atoms with van der Waals surface area (Å²) < 4.78 is 18.3. The third-order valence-electron chi connectivity index (χ3n) is 2.00. The Morgan fingerprint density at radius 3 is 2.93 bits per heavy atom. The molecule has 78 valence electrons. The standard InChI is InChI=1S/C10H14FNO2/c1-3-14-7(2)10(13)8-4-5-12-6-9(8)11/h4-7,10,13H,3H2,1-2H3. The predicted molar refractivity (Wildman–Crippen MR) is 50.2 cm³/mol. The van der Waals surface area contributed by atoms with E-state index in [-0.39, 0.29) is 5.56 Å². The topological polar surface area (TPSA) is 42.4 Å². The second-order valence-electron chi connectivity index (χ2n) is 3.00. The van der Waals surface area contributed by atoms with Crippen molar-refractivity contribution >= 4 is 0 Å². The largest absolute Gasteiger partial charge is 0.386 e. The van der Waals surface area contributed by atoms with Gasteiger partial charge < -0.3 is 9.84 Å². The summed E-state index contributed by atoms with van der Waals surface area (Å²) in [7, 11) is 0. The minimum Gasteiger partial charge on any atom is -0.386 e. The van der Waals surface area contributed by atoms with Gasteiger partial charge in [-0.1, -0.05) is 0 Å². The average Bonchev–Trinajstić information content (AvgIpc) is 2.18. The van der Waals surface area contributed by atoms with Gasteiger partial charge in [-0.25, -0.2) is 4.39 Å². The third-order valence-corrected chi connectivity index (χ3v) is 2.00. The number of rotatable bonds is 4. The average molecular weight is 199 g/mol. The highest BCUT2D eigenvalue weighted by atomic mass is 19.1. The highest BCUT2D eigenvalue weighted by molar-refractivity contribution is 5.16. The zero-order valence-electron chi connectivity index (χ0n) is 8.27. The summed E-state index contributed by atoms with van der Waals surface area (Å²) in [6.45, 7) is 4.02. The summed E-state index contributed by atoms with van der Waals surface area (Å²) in [5.74, 6) is -0.508. The molecule has 2 atom stereocenters. The fourth-order valence-corrected chi connectivity index (χ4v) is 1.23. The maximum absolute atomic E-state index is 13.2. The fraction of sp³-hybridized carbons (Fsp3) is 0.500. The van der Waals surface area contributed by atoms with Crippen molar-refractivity contribution in [2.24, 2.45) is 0 Å². The fourth-order valence-electron chi connectivity index (χ4n) is 1.23. The van der Waals surface area contributed by atoms with Gasteiger partial charge in [0.05, 0.1) is 12.3 Å². The number of halogens is 1. The van der Waals surface area contributed by atoms with E-state index in [2.05, 4.69) is 4.98 Å². The first-order chi connectivity index (χ1) is 6.66. The third kappa shape index (κ3) is 2.49. The molecule has 0 amide bonds. The van der Waals surface area contributed by atoms with Gasteiger partial charge in [0.1, 0.15) is 11.9 Å². The Hall–Kier alpha value is -1.00. The smallest absolute Gasteiger partial charge is 0.147 e. The van der Waals surface area contributed by atoms with Gasteiger partial charge in [0.15, 0.2) is 0 Å². The van der Waals surface area contributed by atoms with E-state index in [1.807, 2.05) is 6.92 Å². The molecule has 0 spiro atoms. The van der Waals surface area contributed by atoms with Gasteiger partial charge in [-0.15, -0.1) is 0 Å². The quantitative estimate of drug-likeness (QED) is 0.802. The Kier molecular flexibility index (Phi) is 3.98. The van der Waals surface area contributed by atoms with Crippen LogP contribution in [0, 0.1) is 5.82 Å². The lowest BCUT2D eigenvalue weighted by Gasteiger charge is -2.19. The Morgan fingerprint density at radius 1 is 1.64 bits per heavy atom. The first-order valence-corrected chi connectivity index (χ1v) is 4.56. The van der Waals surface area contributed by atoms with Crippen LogP contribution in [0.5, 0.6) is 0 Å². The van der Waals surface area contributed by atoms with Gasteiger partial charge in [0, 0.05) is 18.4 Å². The molecule has 0 aliphatic rings. The van der Waals surface area contributed by atoms with Crippen LogP contribution in [0.25, 0.3) is 0 Å². The van der Waals surface area contributed by atoms with Crippen molar-refractivity contribution < 1.29 is 14.2 Å². The summed E-state index contributed by atoms with van der Waals surface area (Å²) in [5.41, 5.74) is 0.223. The number of nitrogens with zero attached hydrogens (tertiary/aromatic N) is 1. The van der Waals surface area contributed by atoms with Crippen molar-refractivity contribution in [2.75, 3.05) is 6.61 Å². The van der Waals surface area contributed by atoms with Gasteiger partial charge in [-0.3, -0.25) is 4.98 Å². The van der Waals surface area contributed by atoms with Crippen LogP contribution in [0.15, 0.2) is 18.5 Å². The van der Waals surface area contributed by atoms with Crippen LogP contribution in [0.2, 0.25) is 0 Å². The van der Waals surface area contributed by atoms with E-state index < -0.39 is 18.0 Å². The van der Waals surface area contributed by atoms with E-state index in [0.29, 0.717) is 6.61 Å². The number of ether oxygens (including phenoxy) is 1. The lowest BCUT2D eigenvalue weighted by Crippen LogP contribution is -2.19. The van der Waals surface area contributed by atoms with Crippen molar-refractivity contribution in [1.82, 2.24) is 4.98 Å². The number of aliphatic hydroxyl groups excluding tert-OH is 1. The number of aromatic nitrogens is 1. The van der Waals surface area contributed by atoms with Crippen molar-refractivity contribution in [3.05, 3.63) is 29.8 Å². The molecule has 0 radical (unpaired) electrons. The molecule has 0 saturated heterocycles. The maximum Gasteiger partial charge on any atom is 0.147 e. The van der Waals surface area contributed by atoms with Crippen LogP contribution in [0.4, 0.5) is 4.39 Å². The van der Waals surface area contributed by atoms with E-state index in [4.69, 9.17) is 4.74 Å². The van der Waals surface area contributed by atoms with Gasteiger partial charge in [-0.2, -0.15) is 0 Å². The Labute approximate surface area is 82.5 Å². The monoisotopic (exact) mass is 199 g/mol. The van der Waals surface area contributed by atoms with Gasteiger partial charge in [-0.05, 0) is 19.9 Å². The van der Waals surface area contributed by atoms with Crippen molar-refractivity contribution in [3.8, 4) is 0 Å². The van der Waals surface area contributed by atoms with Gasteiger partial charge in [0.2, 0.25) is 0 Å². The van der Waals surface area contributed by atoms with Crippen molar-refractivity contribution in [2.45, 2.75) is 26.1 Å². The molecule has 1 aromatic heterocycles. The SMILES string of the molecule is CCOC(C)C(O)c1ccncc1F. The normalized spacial score (nSPS) is 15.1. The van der Waals surface area contributed by atoms with Crippen LogP contribution in [-0.4, -0.2) is 22.8 Å². The summed E-state index contributed by atoms with van der Waals surface area (Å²) in [6.07, 6.45) is 1.16. The molecular weight excluding hydrogens is 185 g/mol. The molecule has 1 N–H and O–H groups in total. The van der Waals surface area contributed by atoms with Crippen molar-refractivity contribution in [3.63, 3.8) is 0 Å². The van der Waals surface area contributed by atoms with Gasteiger partial charge in [0.25, 0.3) is 0 Å². The van der Waals surface area contributed by atoms with Crippen molar-refractivity contribution in [1.29, 1.82) is 0 Å². The molecule has 0 bridgehead atoms. The van der Waals surface area contributed by atoms with E-state index in [0.717, 1.165) is 6.20 Å². The number of hydrogen-bond acceptors (Lipinski definition) is 3. The first-order valence-electron chi connectivity index (χ1n) is 4.56. The van der Waals surface area contributed by atoms with Gasteiger partial charge >= 0.3 is 0 Å². The number of aliphatic hydroxyl groups is 1. The second-order valence-corrected chi connectivity index (χ2v) is 3.00. The molecule has 2 unspecified atom stereocenters. The first kappa shape index (κ1) is 11.1.